The zero-order valence-corrected chi connectivity index (χ0v) is 9.51. The van der Waals surface area contributed by atoms with Crippen molar-refractivity contribution in [2.24, 2.45) is 5.92 Å². The lowest BCUT2D eigenvalue weighted by atomic mass is 9.89. The molecule has 0 saturated carbocycles. The van der Waals surface area contributed by atoms with E-state index in [1.807, 2.05) is 0 Å². The van der Waals surface area contributed by atoms with Gasteiger partial charge in [0, 0.05) is 6.07 Å². The second-order valence-corrected chi connectivity index (χ2v) is 4.75. The van der Waals surface area contributed by atoms with Gasteiger partial charge in [-0.25, -0.2) is 4.39 Å². The number of hydrogen-bond donors (Lipinski definition) is 0. The summed E-state index contributed by atoms with van der Waals surface area (Å²) >= 11 is 0. The molecule has 1 nitrogen and oxygen atoms in total. The average Bonchev–Trinajstić information content (AvgIpc) is 2.17. The molecule has 0 amide bonds. The zero-order valence-electron chi connectivity index (χ0n) is 9.51. The highest BCUT2D eigenvalue weighted by atomic mass is 19.1. The van der Waals surface area contributed by atoms with Crippen molar-refractivity contribution in [2.45, 2.75) is 33.1 Å². The van der Waals surface area contributed by atoms with Gasteiger partial charge in [-0.1, -0.05) is 20.8 Å². The van der Waals surface area contributed by atoms with Crippen LogP contribution in [0.2, 0.25) is 0 Å². The molecule has 2 heteroatoms. The number of fused-ring (bicyclic) bond motifs is 1. The van der Waals surface area contributed by atoms with Crippen LogP contribution in [0.1, 0.15) is 37.8 Å². The van der Waals surface area contributed by atoms with Crippen LogP contribution in [0.4, 0.5) is 4.39 Å². The molecular weight excluding hydrogens is 191 g/mol. The standard InChI is InChI=1S/C13H17FO/c1-8(2)11-5-10(14)6-13-12(11)4-9(3)7-15-13/h5-6,8-9H,4,7H2,1-3H3. The Kier molecular flexibility index (Phi) is 2.68. The van der Waals surface area contributed by atoms with E-state index in [2.05, 4.69) is 20.8 Å². The predicted octanol–water partition coefficient (Wildman–Crippen LogP) is 3.52. The van der Waals surface area contributed by atoms with Crippen LogP contribution >= 0.6 is 0 Å². The molecule has 0 N–H and O–H groups in total. The molecule has 2 rings (SSSR count). The predicted molar refractivity (Wildman–Crippen MR) is 58.9 cm³/mol. The van der Waals surface area contributed by atoms with Crippen molar-refractivity contribution in [1.29, 1.82) is 0 Å². The van der Waals surface area contributed by atoms with Gasteiger partial charge in [0.2, 0.25) is 0 Å². The number of hydrogen-bond acceptors (Lipinski definition) is 1. The Balaban J connectivity index is 2.50. The van der Waals surface area contributed by atoms with E-state index in [1.165, 1.54) is 11.6 Å². The summed E-state index contributed by atoms with van der Waals surface area (Å²) < 4.78 is 18.9. The van der Waals surface area contributed by atoms with E-state index in [0.717, 1.165) is 17.7 Å². The Morgan fingerprint density at radius 2 is 2.13 bits per heavy atom. The van der Waals surface area contributed by atoms with E-state index in [4.69, 9.17) is 4.74 Å². The van der Waals surface area contributed by atoms with Crippen LogP contribution in [-0.4, -0.2) is 6.61 Å². The van der Waals surface area contributed by atoms with Gasteiger partial charge in [0.05, 0.1) is 6.61 Å². The van der Waals surface area contributed by atoms with Gasteiger partial charge in [0.1, 0.15) is 11.6 Å². The van der Waals surface area contributed by atoms with Gasteiger partial charge < -0.3 is 4.74 Å². The third-order valence-corrected chi connectivity index (χ3v) is 2.91. The monoisotopic (exact) mass is 208 g/mol. The molecule has 1 unspecified atom stereocenters. The molecule has 1 aromatic carbocycles. The summed E-state index contributed by atoms with van der Waals surface area (Å²) in [6, 6.07) is 3.15. The SMILES string of the molecule is CC1COc2cc(F)cc(C(C)C)c2C1. The van der Waals surface area contributed by atoms with Crippen molar-refractivity contribution in [3.63, 3.8) is 0 Å². The van der Waals surface area contributed by atoms with Crippen molar-refractivity contribution in [2.75, 3.05) is 6.61 Å². The maximum atomic E-state index is 13.3. The van der Waals surface area contributed by atoms with E-state index in [0.29, 0.717) is 18.4 Å². The van der Waals surface area contributed by atoms with E-state index < -0.39 is 0 Å². The minimum Gasteiger partial charge on any atom is -0.493 e. The van der Waals surface area contributed by atoms with E-state index in [-0.39, 0.29) is 5.82 Å². The summed E-state index contributed by atoms with van der Waals surface area (Å²) in [4.78, 5) is 0. The van der Waals surface area contributed by atoms with Crippen LogP contribution in [-0.2, 0) is 6.42 Å². The Bertz CT molecular complexity index is 371. The van der Waals surface area contributed by atoms with Gasteiger partial charge in [-0.15, -0.1) is 0 Å². The van der Waals surface area contributed by atoms with Crippen LogP contribution in [0.25, 0.3) is 0 Å². The van der Waals surface area contributed by atoms with Gasteiger partial charge in [0.15, 0.2) is 0 Å². The number of rotatable bonds is 1. The number of halogens is 1. The molecule has 1 heterocycles. The normalized spacial score (nSPS) is 19.9. The Labute approximate surface area is 90.3 Å². The summed E-state index contributed by atoms with van der Waals surface area (Å²) in [6.45, 7) is 7.05. The van der Waals surface area contributed by atoms with Crippen LogP contribution in [0.3, 0.4) is 0 Å². The summed E-state index contributed by atoms with van der Waals surface area (Å²) in [6.07, 6.45) is 1.00. The van der Waals surface area contributed by atoms with Gasteiger partial charge in [-0.3, -0.25) is 0 Å². The molecule has 0 bridgehead atoms. The third kappa shape index (κ3) is 1.99. The average molecular weight is 208 g/mol. The Morgan fingerprint density at radius 3 is 2.80 bits per heavy atom. The van der Waals surface area contributed by atoms with E-state index >= 15 is 0 Å². The van der Waals surface area contributed by atoms with Crippen molar-refractivity contribution in [3.8, 4) is 5.75 Å². The maximum Gasteiger partial charge on any atom is 0.127 e. The molecule has 82 valence electrons. The zero-order chi connectivity index (χ0) is 11.0. The van der Waals surface area contributed by atoms with Gasteiger partial charge in [-0.05, 0) is 35.4 Å². The van der Waals surface area contributed by atoms with Crippen molar-refractivity contribution in [3.05, 3.63) is 29.1 Å². The first kappa shape index (κ1) is 10.5. The van der Waals surface area contributed by atoms with Crippen molar-refractivity contribution in [1.82, 2.24) is 0 Å². The lowest BCUT2D eigenvalue weighted by molar-refractivity contribution is 0.231. The first-order valence-corrected chi connectivity index (χ1v) is 5.53. The lowest BCUT2D eigenvalue weighted by Crippen LogP contribution is -2.20. The van der Waals surface area contributed by atoms with Gasteiger partial charge >= 0.3 is 0 Å². The summed E-state index contributed by atoms with van der Waals surface area (Å²) in [7, 11) is 0. The molecule has 0 fully saturated rings. The number of ether oxygens (including phenoxy) is 1. The largest absolute Gasteiger partial charge is 0.493 e. The Hall–Kier alpha value is -1.05. The van der Waals surface area contributed by atoms with E-state index in [9.17, 15) is 4.39 Å². The molecule has 1 aliphatic rings. The minimum atomic E-state index is -0.188. The molecule has 15 heavy (non-hydrogen) atoms. The molecular formula is C13H17FO. The molecule has 0 aliphatic carbocycles. The maximum absolute atomic E-state index is 13.3. The first-order chi connectivity index (χ1) is 7.08. The van der Waals surface area contributed by atoms with Crippen LogP contribution in [0, 0.1) is 11.7 Å². The second kappa shape index (κ2) is 3.84. The van der Waals surface area contributed by atoms with E-state index in [1.54, 1.807) is 6.07 Å². The molecule has 1 aromatic rings. The molecule has 1 atom stereocenters. The van der Waals surface area contributed by atoms with Gasteiger partial charge in [0.25, 0.3) is 0 Å². The molecule has 1 aliphatic heterocycles. The fraction of sp³-hybridized carbons (Fsp3) is 0.538. The summed E-state index contributed by atoms with van der Waals surface area (Å²) in [5, 5.41) is 0. The molecule has 0 radical (unpaired) electrons. The Morgan fingerprint density at radius 1 is 1.40 bits per heavy atom. The fourth-order valence-electron chi connectivity index (χ4n) is 2.13. The highest BCUT2D eigenvalue weighted by molar-refractivity contribution is 5.43. The molecule has 0 saturated heterocycles. The fourth-order valence-corrected chi connectivity index (χ4v) is 2.13. The van der Waals surface area contributed by atoms with Crippen LogP contribution < -0.4 is 4.74 Å². The first-order valence-electron chi connectivity index (χ1n) is 5.53. The third-order valence-electron chi connectivity index (χ3n) is 2.91. The second-order valence-electron chi connectivity index (χ2n) is 4.75. The quantitative estimate of drug-likeness (QED) is 0.686. The smallest absolute Gasteiger partial charge is 0.127 e. The molecule has 0 aromatic heterocycles. The highest BCUT2D eigenvalue weighted by Gasteiger charge is 2.21. The minimum absolute atomic E-state index is 0.188. The highest BCUT2D eigenvalue weighted by Crippen LogP contribution is 2.34. The molecule has 0 spiro atoms. The van der Waals surface area contributed by atoms with Gasteiger partial charge in [-0.2, -0.15) is 0 Å². The summed E-state index contributed by atoms with van der Waals surface area (Å²) in [5.74, 6) is 1.44. The van der Waals surface area contributed by atoms with Crippen molar-refractivity contribution >= 4 is 0 Å². The van der Waals surface area contributed by atoms with Crippen molar-refractivity contribution < 1.29 is 9.13 Å². The van der Waals surface area contributed by atoms with Crippen LogP contribution in [0.15, 0.2) is 12.1 Å². The topological polar surface area (TPSA) is 9.23 Å². The summed E-state index contributed by atoms with van der Waals surface area (Å²) in [5.41, 5.74) is 2.29. The van der Waals surface area contributed by atoms with Crippen LogP contribution in [0.5, 0.6) is 5.75 Å². The number of benzene rings is 1. The lowest BCUT2D eigenvalue weighted by Gasteiger charge is -2.26.